The molecule has 0 heterocycles. The standard InChI is InChI=1S/C18H15O6PS2.K/c19-26(20,21)17-10-6-15(7-11-17)25(14-4-2-1-3-5-14)16-8-12-18(13-9-16)27(22,23)24;/h1-13H,(H,19,20,21)(H,22,23,24);/q;+1/p-2. The number of hydrogen-bond acceptors (Lipinski definition) is 6. The fourth-order valence-electron chi connectivity index (χ4n) is 2.55. The second kappa shape index (κ2) is 9.57. The van der Waals surface area contributed by atoms with E-state index in [9.17, 15) is 25.9 Å². The van der Waals surface area contributed by atoms with E-state index in [4.69, 9.17) is 0 Å². The van der Waals surface area contributed by atoms with E-state index >= 15 is 0 Å². The molecule has 0 aliphatic carbocycles. The average molecular weight is 460 g/mol. The van der Waals surface area contributed by atoms with Gasteiger partial charge in [-0.3, -0.25) is 0 Å². The first-order valence-electron chi connectivity index (χ1n) is 7.63. The summed E-state index contributed by atoms with van der Waals surface area (Å²) in [5.41, 5.74) is 0. The summed E-state index contributed by atoms with van der Waals surface area (Å²) in [6.07, 6.45) is 0. The van der Waals surface area contributed by atoms with Crippen LogP contribution >= 0.6 is 7.92 Å². The Morgan fingerprint density at radius 2 is 0.857 bits per heavy atom. The maximum Gasteiger partial charge on any atom is 1.00 e. The first-order chi connectivity index (χ1) is 12.7. The topological polar surface area (TPSA) is 114 Å². The SMILES string of the molecule is O=S(=O)([O-])c1ccc(P(c2ccccc2)c2ccc(S(=O)(=O)[O-])cc2)cc1.[K+]. The van der Waals surface area contributed by atoms with Gasteiger partial charge in [0, 0.05) is 0 Å². The average Bonchev–Trinajstić information content (AvgIpc) is 2.62. The maximum atomic E-state index is 11.1. The molecule has 0 saturated heterocycles. The van der Waals surface area contributed by atoms with Crippen LogP contribution in [0.25, 0.3) is 0 Å². The third-order valence-electron chi connectivity index (χ3n) is 3.78. The van der Waals surface area contributed by atoms with Crippen molar-refractivity contribution in [3.8, 4) is 0 Å². The van der Waals surface area contributed by atoms with Crippen molar-refractivity contribution in [1.29, 1.82) is 0 Å². The Bertz CT molecular complexity index is 1070. The second-order valence-corrected chi connectivity index (χ2v) is 10.5. The van der Waals surface area contributed by atoms with Crippen LogP contribution in [-0.4, -0.2) is 25.9 Å². The van der Waals surface area contributed by atoms with Crippen LogP contribution < -0.4 is 67.3 Å². The van der Waals surface area contributed by atoms with E-state index in [0.717, 1.165) is 15.9 Å². The normalized spacial score (nSPS) is 11.8. The van der Waals surface area contributed by atoms with Crippen LogP contribution in [0.15, 0.2) is 88.7 Å². The quantitative estimate of drug-likeness (QED) is 0.254. The van der Waals surface area contributed by atoms with Crippen LogP contribution in [0.2, 0.25) is 0 Å². The molecule has 3 aromatic carbocycles. The molecule has 28 heavy (non-hydrogen) atoms. The summed E-state index contributed by atoms with van der Waals surface area (Å²) in [7, 11) is -10.2. The third-order valence-corrected chi connectivity index (χ3v) is 7.92. The molecule has 0 atom stereocenters. The molecule has 3 aromatic rings. The second-order valence-electron chi connectivity index (χ2n) is 5.57. The predicted octanol–water partition coefficient (Wildman–Crippen LogP) is -1.74. The largest absolute Gasteiger partial charge is 1.00 e. The molecule has 10 heteroatoms. The molecule has 0 aromatic heterocycles. The van der Waals surface area contributed by atoms with E-state index in [0.29, 0.717) is 0 Å². The zero-order chi connectivity index (χ0) is 19.7. The smallest absolute Gasteiger partial charge is 0.744 e. The van der Waals surface area contributed by atoms with Crippen molar-refractivity contribution in [3.05, 3.63) is 78.9 Å². The van der Waals surface area contributed by atoms with Gasteiger partial charge < -0.3 is 9.11 Å². The van der Waals surface area contributed by atoms with E-state index < -0.39 is 28.2 Å². The van der Waals surface area contributed by atoms with Gasteiger partial charge in [-0.15, -0.1) is 0 Å². The Morgan fingerprint density at radius 3 is 1.18 bits per heavy atom. The van der Waals surface area contributed by atoms with E-state index in [2.05, 4.69) is 0 Å². The summed E-state index contributed by atoms with van der Waals surface area (Å²) in [5.74, 6) is 0. The predicted molar refractivity (Wildman–Crippen MR) is 101 cm³/mol. The van der Waals surface area contributed by atoms with Crippen LogP contribution in [0.1, 0.15) is 0 Å². The zero-order valence-electron chi connectivity index (χ0n) is 14.7. The molecule has 140 valence electrons. The monoisotopic (exact) mass is 459 g/mol. The van der Waals surface area contributed by atoms with E-state index in [1.807, 2.05) is 30.3 Å². The Hall–Kier alpha value is -0.454. The third kappa shape index (κ3) is 5.79. The summed E-state index contributed by atoms with van der Waals surface area (Å²) >= 11 is 0. The van der Waals surface area contributed by atoms with Crippen molar-refractivity contribution in [2.45, 2.75) is 9.79 Å². The van der Waals surface area contributed by atoms with Gasteiger partial charge in [-0.25, -0.2) is 16.8 Å². The number of rotatable bonds is 5. The number of hydrogen-bond donors (Lipinski definition) is 0. The van der Waals surface area contributed by atoms with Crippen LogP contribution in [0.3, 0.4) is 0 Å². The molecule has 3 rings (SSSR count). The first kappa shape index (κ1) is 23.8. The molecule has 0 aliphatic heterocycles. The Labute approximate surface area is 207 Å². The van der Waals surface area contributed by atoms with E-state index in [1.165, 1.54) is 24.3 Å². The van der Waals surface area contributed by atoms with Crippen LogP contribution in [-0.2, 0) is 20.2 Å². The van der Waals surface area contributed by atoms with Gasteiger partial charge in [-0.1, -0.05) is 54.6 Å². The van der Waals surface area contributed by atoms with Crippen LogP contribution in [0, 0.1) is 0 Å². The van der Waals surface area contributed by atoms with Gasteiger partial charge in [0.2, 0.25) is 0 Å². The molecule has 0 N–H and O–H groups in total. The van der Waals surface area contributed by atoms with Crippen LogP contribution in [0.4, 0.5) is 0 Å². The van der Waals surface area contributed by atoms with E-state index in [-0.39, 0.29) is 61.2 Å². The Morgan fingerprint density at radius 1 is 0.536 bits per heavy atom. The van der Waals surface area contributed by atoms with Gasteiger partial charge in [0.15, 0.2) is 0 Å². The van der Waals surface area contributed by atoms with Gasteiger partial charge >= 0.3 is 51.4 Å². The minimum atomic E-state index is -4.54. The maximum absolute atomic E-state index is 11.1. The first-order valence-corrected chi connectivity index (χ1v) is 11.8. The van der Waals surface area contributed by atoms with Gasteiger partial charge in [0.1, 0.15) is 20.2 Å². The summed E-state index contributed by atoms with van der Waals surface area (Å²) in [4.78, 5) is -0.635. The van der Waals surface area contributed by atoms with Crippen molar-refractivity contribution >= 4 is 44.1 Å². The Balaban J connectivity index is 0.00000280. The molecule has 6 nitrogen and oxygen atoms in total. The van der Waals surface area contributed by atoms with Gasteiger partial charge in [0.25, 0.3) is 0 Å². The molecular formula is C18H13KO6PS2-. The van der Waals surface area contributed by atoms with Crippen molar-refractivity contribution in [3.63, 3.8) is 0 Å². The number of benzene rings is 3. The summed E-state index contributed by atoms with van der Waals surface area (Å²) in [5, 5.41) is 2.51. The molecule has 0 spiro atoms. The molecule has 0 amide bonds. The molecular weight excluding hydrogens is 446 g/mol. The molecule has 0 radical (unpaired) electrons. The van der Waals surface area contributed by atoms with Gasteiger partial charge in [0.05, 0.1) is 9.79 Å². The van der Waals surface area contributed by atoms with Gasteiger partial charge in [-0.05, 0) is 48.1 Å². The molecule has 0 aliphatic rings. The zero-order valence-corrected chi connectivity index (χ0v) is 20.4. The minimum Gasteiger partial charge on any atom is -0.744 e. The summed E-state index contributed by atoms with van der Waals surface area (Å²) < 4.78 is 66.9. The van der Waals surface area contributed by atoms with Crippen molar-refractivity contribution < 1.29 is 77.3 Å². The fourth-order valence-corrected chi connectivity index (χ4v) is 5.75. The molecule has 0 saturated carbocycles. The summed E-state index contributed by atoms with van der Waals surface area (Å²) in [6.45, 7) is 0. The minimum absolute atomic E-state index is 0. The molecule has 0 fully saturated rings. The van der Waals surface area contributed by atoms with E-state index in [1.54, 1.807) is 24.3 Å². The summed E-state index contributed by atoms with van der Waals surface area (Å²) in [6, 6.07) is 20.7. The van der Waals surface area contributed by atoms with Crippen molar-refractivity contribution in [2.75, 3.05) is 0 Å². The molecule has 0 unspecified atom stereocenters. The van der Waals surface area contributed by atoms with Gasteiger partial charge in [-0.2, -0.15) is 0 Å². The van der Waals surface area contributed by atoms with Crippen LogP contribution in [0.5, 0.6) is 0 Å². The molecule has 0 bridgehead atoms. The fraction of sp³-hybridized carbons (Fsp3) is 0. The Kier molecular flexibility index (Phi) is 8.14. The van der Waals surface area contributed by atoms with Crippen molar-refractivity contribution in [2.24, 2.45) is 0 Å². The van der Waals surface area contributed by atoms with Crippen molar-refractivity contribution in [1.82, 2.24) is 0 Å².